The van der Waals surface area contributed by atoms with E-state index >= 15 is 0 Å². The highest BCUT2D eigenvalue weighted by molar-refractivity contribution is 5.76. The largest absolute Gasteiger partial charge is 0.493 e. The van der Waals surface area contributed by atoms with Gasteiger partial charge in [0.2, 0.25) is 5.91 Å². The first-order chi connectivity index (χ1) is 12.0. The number of nitrogens with one attached hydrogen (secondary N) is 2. The molecule has 0 aliphatic heterocycles. The molecule has 5 heteroatoms. The van der Waals surface area contributed by atoms with Crippen LogP contribution >= 0.6 is 0 Å². The van der Waals surface area contributed by atoms with Crippen LogP contribution in [0.15, 0.2) is 36.4 Å². The molecule has 2 aromatic rings. The summed E-state index contributed by atoms with van der Waals surface area (Å²) in [6.07, 6.45) is 0.417. The van der Waals surface area contributed by atoms with Gasteiger partial charge in [0.1, 0.15) is 0 Å². The highest BCUT2D eigenvalue weighted by Gasteiger charge is 2.06. The number of carbonyl (C=O) groups excluding carboxylic acids is 1. The van der Waals surface area contributed by atoms with Crippen LogP contribution in [-0.2, 0) is 11.3 Å². The van der Waals surface area contributed by atoms with E-state index in [9.17, 15) is 4.79 Å². The van der Waals surface area contributed by atoms with Crippen LogP contribution < -0.4 is 20.1 Å². The first-order valence-electron chi connectivity index (χ1n) is 8.32. The van der Waals surface area contributed by atoms with E-state index in [4.69, 9.17) is 9.47 Å². The molecule has 0 saturated carbocycles. The number of aryl methyl sites for hydroxylation is 2. The number of methoxy groups -OCH3 is 2. The van der Waals surface area contributed by atoms with E-state index in [1.165, 1.54) is 11.1 Å². The van der Waals surface area contributed by atoms with Crippen molar-refractivity contribution < 1.29 is 14.3 Å². The molecular formula is C20H26N2O3. The summed E-state index contributed by atoms with van der Waals surface area (Å²) < 4.78 is 10.5. The van der Waals surface area contributed by atoms with Crippen molar-refractivity contribution in [1.29, 1.82) is 0 Å². The Morgan fingerprint density at radius 3 is 2.44 bits per heavy atom. The van der Waals surface area contributed by atoms with Crippen molar-refractivity contribution in [2.24, 2.45) is 0 Å². The molecule has 134 valence electrons. The molecule has 0 aliphatic carbocycles. The van der Waals surface area contributed by atoms with Gasteiger partial charge in [-0.15, -0.1) is 0 Å². The molecule has 0 radical (unpaired) electrons. The zero-order chi connectivity index (χ0) is 18.2. The number of rotatable bonds is 8. The Kier molecular flexibility index (Phi) is 6.69. The zero-order valence-electron chi connectivity index (χ0n) is 15.3. The van der Waals surface area contributed by atoms with Crippen LogP contribution in [-0.4, -0.2) is 26.7 Å². The smallest absolute Gasteiger partial charge is 0.222 e. The lowest BCUT2D eigenvalue weighted by Gasteiger charge is -2.12. The quantitative estimate of drug-likeness (QED) is 0.771. The van der Waals surface area contributed by atoms with Crippen LogP contribution in [0.25, 0.3) is 0 Å². The molecule has 2 aromatic carbocycles. The van der Waals surface area contributed by atoms with Gasteiger partial charge in [0.05, 0.1) is 14.2 Å². The van der Waals surface area contributed by atoms with Crippen molar-refractivity contribution in [2.75, 3.05) is 26.1 Å². The number of hydrogen-bond acceptors (Lipinski definition) is 4. The SMILES string of the molecule is COc1ccc(CNC(=O)CCNc2ccc(C)cc2C)cc1OC. The minimum Gasteiger partial charge on any atom is -0.493 e. The van der Waals surface area contributed by atoms with Crippen LogP contribution in [0.3, 0.4) is 0 Å². The molecule has 0 aromatic heterocycles. The lowest BCUT2D eigenvalue weighted by Crippen LogP contribution is -2.25. The van der Waals surface area contributed by atoms with Gasteiger partial charge in [-0.1, -0.05) is 23.8 Å². The summed E-state index contributed by atoms with van der Waals surface area (Å²) in [6.45, 7) is 5.19. The van der Waals surface area contributed by atoms with Gasteiger partial charge in [-0.25, -0.2) is 0 Å². The number of ether oxygens (including phenoxy) is 2. The molecule has 2 rings (SSSR count). The molecule has 25 heavy (non-hydrogen) atoms. The fourth-order valence-electron chi connectivity index (χ4n) is 2.60. The fraction of sp³-hybridized carbons (Fsp3) is 0.350. The minimum atomic E-state index is 0.00653. The second-order valence-corrected chi connectivity index (χ2v) is 5.96. The zero-order valence-corrected chi connectivity index (χ0v) is 15.3. The molecule has 0 saturated heterocycles. The highest BCUT2D eigenvalue weighted by Crippen LogP contribution is 2.27. The van der Waals surface area contributed by atoms with Gasteiger partial charge >= 0.3 is 0 Å². The van der Waals surface area contributed by atoms with E-state index in [1.54, 1.807) is 14.2 Å². The van der Waals surface area contributed by atoms with Crippen molar-refractivity contribution in [3.05, 3.63) is 53.1 Å². The van der Waals surface area contributed by atoms with E-state index in [-0.39, 0.29) is 5.91 Å². The molecular weight excluding hydrogens is 316 g/mol. The van der Waals surface area contributed by atoms with Crippen LogP contribution in [0.2, 0.25) is 0 Å². The van der Waals surface area contributed by atoms with Crippen LogP contribution in [0, 0.1) is 13.8 Å². The summed E-state index contributed by atoms with van der Waals surface area (Å²) in [7, 11) is 3.20. The van der Waals surface area contributed by atoms with Gasteiger partial charge in [-0.3, -0.25) is 4.79 Å². The topological polar surface area (TPSA) is 59.6 Å². The number of carbonyl (C=O) groups is 1. The Balaban J connectivity index is 1.79. The molecule has 5 nitrogen and oxygen atoms in total. The first kappa shape index (κ1) is 18.6. The summed E-state index contributed by atoms with van der Waals surface area (Å²) >= 11 is 0. The van der Waals surface area contributed by atoms with Crippen molar-refractivity contribution >= 4 is 11.6 Å². The fourth-order valence-corrected chi connectivity index (χ4v) is 2.60. The minimum absolute atomic E-state index is 0.00653. The van der Waals surface area contributed by atoms with Gasteiger partial charge in [-0.2, -0.15) is 0 Å². The van der Waals surface area contributed by atoms with E-state index in [1.807, 2.05) is 24.3 Å². The Bertz CT molecular complexity index is 729. The average molecular weight is 342 g/mol. The summed E-state index contributed by atoms with van der Waals surface area (Å²) in [5.41, 5.74) is 4.45. The lowest BCUT2D eigenvalue weighted by atomic mass is 10.1. The average Bonchev–Trinajstić information content (AvgIpc) is 2.61. The summed E-state index contributed by atoms with van der Waals surface area (Å²) in [5, 5.41) is 6.23. The van der Waals surface area contributed by atoms with Gasteiger partial charge in [0.15, 0.2) is 11.5 Å². The summed E-state index contributed by atoms with van der Waals surface area (Å²) in [4.78, 5) is 12.0. The van der Waals surface area contributed by atoms with Crippen LogP contribution in [0.5, 0.6) is 11.5 Å². The molecule has 0 unspecified atom stereocenters. The standard InChI is InChI=1S/C20H26N2O3/c1-14-5-7-17(15(2)11-14)21-10-9-20(23)22-13-16-6-8-18(24-3)19(12-16)25-4/h5-8,11-12,21H,9-10,13H2,1-4H3,(H,22,23). The van der Waals surface area contributed by atoms with Crippen molar-refractivity contribution in [3.63, 3.8) is 0 Å². The van der Waals surface area contributed by atoms with Crippen molar-refractivity contribution in [1.82, 2.24) is 5.32 Å². The van der Waals surface area contributed by atoms with E-state index < -0.39 is 0 Å². The normalized spacial score (nSPS) is 10.2. The van der Waals surface area contributed by atoms with E-state index in [0.717, 1.165) is 11.3 Å². The predicted octanol–water partition coefficient (Wildman–Crippen LogP) is 3.44. The molecule has 2 N–H and O–H groups in total. The molecule has 0 fully saturated rings. The lowest BCUT2D eigenvalue weighted by molar-refractivity contribution is -0.121. The highest BCUT2D eigenvalue weighted by atomic mass is 16.5. The van der Waals surface area contributed by atoms with Gasteiger partial charge in [0, 0.05) is 25.2 Å². The Morgan fingerprint density at radius 1 is 1.00 bits per heavy atom. The molecule has 0 atom stereocenters. The predicted molar refractivity (Wildman–Crippen MR) is 100 cm³/mol. The van der Waals surface area contributed by atoms with Crippen molar-refractivity contribution in [3.8, 4) is 11.5 Å². The first-order valence-corrected chi connectivity index (χ1v) is 8.32. The Hall–Kier alpha value is -2.69. The molecule has 0 aliphatic rings. The number of benzene rings is 2. The van der Waals surface area contributed by atoms with Crippen molar-refractivity contribution in [2.45, 2.75) is 26.8 Å². The maximum absolute atomic E-state index is 12.0. The third-order valence-electron chi connectivity index (χ3n) is 3.99. The maximum atomic E-state index is 12.0. The van der Waals surface area contributed by atoms with Crippen LogP contribution in [0.4, 0.5) is 5.69 Å². The van der Waals surface area contributed by atoms with E-state index in [0.29, 0.717) is 31.0 Å². The number of anilines is 1. The van der Waals surface area contributed by atoms with Gasteiger partial charge in [-0.05, 0) is 43.2 Å². The number of amides is 1. The second-order valence-electron chi connectivity index (χ2n) is 5.96. The third-order valence-corrected chi connectivity index (χ3v) is 3.99. The molecule has 0 bridgehead atoms. The summed E-state index contributed by atoms with van der Waals surface area (Å²) in [6, 6.07) is 11.8. The van der Waals surface area contributed by atoms with E-state index in [2.05, 4.69) is 36.6 Å². The number of hydrogen-bond donors (Lipinski definition) is 2. The summed E-state index contributed by atoms with van der Waals surface area (Å²) in [5.74, 6) is 1.34. The second kappa shape index (κ2) is 8.97. The maximum Gasteiger partial charge on any atom is 0.222 e. The molecule has 0 heterocycles. The molecule has 1 amide bonds. The van der Waals surface area contributed by atoms with Gasteiger partial charge < -0.3 is 20.1 Å². The molecule has 0 spiro atoms. The monoisotopic (exact) mass is 342 g/mol. The Morgan fingerprint density at radius 2 is 1.76 bits per heavy atom. The Labute approximate surface area is 149 Å². The van der Waals surface area contributed by atoms with Crippen LogP contribution in [0.1, 0.15) is 23.1 Å². The third kappa shape index (κ3) is 5.41. The van der Waals surface area contributed by atoms with Gasteiger partial charge in [0.25, 0.3) is 0 Å².